The molecule has 2 aromatic rings. The number of benzene rings is 2. The van der Waals surface area contributed by atoms with Crippen LogP contribution in [0, 0.1) is 0 Å². The summed E-state index contributed by atoms with van der Waals surface area (Å²) in [5, 5.41) is 10.0. The molecule has 7 heteroatoms. The molecule has 0 radical (unpaired) electrons. The molecule has 1 aliphatic heterocycles. The van der Waals surface area contributed by atoms with E-state index in [4.69, 9.17) is 9.57 Å². The Morgan fingerprint density at radius 3 is 2.24 bits per heavy atom. The summed E-state index contributed by atoms with van der Waals surface area (Å²) in [6.45, 7) is 0.224. The van der Waals surface area contributed by atoms with E-state index >= 15 is 0 Å². The molecule has 25 heavy (non-hydrogen) atoms. The van der Waals surface area contributed by atoms with Crippen LogP contribution in [0.4, 0.5) is 0 Å². The van der Waals surface area contributed by atoms with Gasteiger partial charge < -0.3 is 4.74 Å². The van der Waals surface area contributed by atoms with Gasteiger partial charge in [-0.15, -0.1) is 0 Å². The molecule has 0 saturated carbocycles. The van der Waals surface area contributed by atoms with Crippen molar-refractivity contribution in [1.29, 1.82) is 0 Å². The van der Waals surface area contributed by atoms with Gasteiger partial charge in [0.05, 0.1) is 12.8 Å². The lowest BCUT2D eigenvalue weighted by atomic mass is 10.2. The van der Waals surface area contributed by atoms with Crippen molar-refractivity contribution >= 4 is 17.8 Å². The maximum Gasteiger partial charge on any atom is 0.407 e. The highest BCUT2D eigenvalue weighted by atomic mass is 17.0. The van der Waals surface area contributed by atoms with E-state index in [9.17, 15) is 19.6 Å². The van der Waals surface area contributed by atoms with Crippen molar-refractivity contribution in [3.05, 3.63) is 65.7 Å². The molecule has 0 spiro atoms. The first-order valence-corrected chi connectivity index (χ1v) is 7.69. The molecule has 2 amide bonds. The predicted octanol–water partition coefficient (Wildman–Crippen LogP) is 2.39. The molecule has 128 valence electrons. The van der Waals surface area contributed by atoms with Crippen LogP contribution in [0.25, 0.3) is 0 Å². The summed E-state index contributed by atoms with van der Waals surface area (Å²) in [6.07, 6.45) is -0.344. The zero-order valence-corrected chi connectivity index (χ0v) is 13.3. The van der Waals surface area contributed by atoms with Gasteiger partial charge in [0.25, 0.3) is 0 Å². The number of quaternary nitrogens is 1. The van der Waals surface area contributed by atoms with E-state index in [2.05, 4.69) is 0 Å². The van der Waals surface area contributed by atoms with Crippen LogP contribution in [0.1, 0.15) is 28.8 Å². The Kier molecular flexibility index (Phi) is 4.60. The fourth-order valence-electron chi connectivity index (χ4n) is 2.42. The smallest absolute Gasteiger partial charge is 0.407 e. The molecule has 1 N–H and O–H groups in total. The van der Waals surface area contributed by atoms with Crippen LogP contribution in [-0.2, 0) is 21.0 Å². The van der Waals surface area contributed by atoms with Gasteiger partial charge >= 0.3 is 17.8 Å². The highest BCUT2D eigenvalue weighted by molar-refractivity contribution is 5.95. The second-order valence-corrected chi connectivity index (χ2v) is 5.51. The Morgan fingerprint density at radius 1 is 0.960 bits per heavy atom. The van der Waals surface area contributed by atoms with E-state index < -0.39 is 22.6 Å². The maximum atomic E-state index is 12.3. The molecular weight excluding hydrogens is 326 g/mol. The molecule has 0 unspecified atom stereocenters. The molecule has 7 nitrogen and oxygen atoms in total. The summed E-state index contributed by atoms with van der Waals surface area (Å²) < 4.78 is 5.64. The van der Waals surface area contributed by atoms with Gasteiger partial charge in [0.15, 0.2) is 0 Å². The first kappa shape index (κ1) is 16.8. The Labute approximate surface area is 143 Å². The van der Waals surface area contributed by atoms with Gasteiger partial charge in [-0.25, -0.2) is 19.2 Å². The average Bonchev–Trinajstić information content (AvgIpc) is 2.88. The number of imide groups is 1. The molecule has 2 aromatic carbocycles. The summed E-state index contributed by atoms with van der Waals surface area (Å²) in [5.41, 5.74) is 0.915. The average molecular weight is 342 g/mol. The van der Waals surface area contributed by atoms with E-state index in [1.54, 1.807) is 18.2 Å². The number of hydrogen-bond donors (Lipinski definition) is 1. The highest BCUT2D eigenvalue weighted by Crippen LogP contribution is 2.25. The number of rotatable bonds is 5. The van der Waals surface area contributed by atoms with E-state index in [0.29, 0.717) is 0 Å². The quantitative estimate of drug-likeness (QED) is 0.510. The Bertz CT molecular complexity index is 801. The van der Waals surface area contributed by atoms with Crippen molar-refractivity contribution in [3.63, 3.8) is 0 Å². The summed E-state index contributed by atoms with van der Waals surface area (Å²) in [5.74, 6) is -2.54. The molecule has 0 atom stereocenters. The van der Waals surface area contributed by atoms with Gasteiger partial charge in [0.2, 0.25) is 0 Å². The fraction of sp³-hybridized carbons (Fsp3) is 0.167. The predicted molar refractivity (Wildman–Crippen MR) is 83.9 cm³/mol. The van der Waals surface area contributed by atoms with Crippen LogP contribution in [0.15, 0.2) is 54.6 Å². The number of carbonyl (C=O) groups excluding carboxylic acids is 3. The normalized spacial score (nSPS) is 15.9. The number of hydroxylamine groups is 4. The van der Waals surface area contributed by atoms with Gasteiger partial charge in [0, 0.05) is 0 Å². The summed E-state index contributed by atoms with van der Waals surface area (Å²) in [7, 11) is 0. The Balaban J connectivity index is 1.77. The lowest BCUT2D eigenvalue weighted by Gasteiger charge is -2.17. The zero-order valence-electron chi connectivity index (χ0n) is 13.3. The van der Waals surface area contributed by atoms with E-state index in [1.807, 2.05) is 30.3 Å². The third-order valence-corrected chi connectivity index (χ3v) is 3.79. The Hall–Kier alpha value is -3.03. The standard InChI is InChI=1S/C18H16NO6/c20-16-10-11-17(21)19(16,23)25-18(22)14-8-4-5-9-15(14)24-12-13-6-2-1-3-7-13/h1-9,23H,10-12H2/q+1. The van der Waals surface area contributed by atoms with Gasteiger partial charge in [-0.05, 0) is 17.7 Å². The van der Waals surface area contributed by atoms with Crippen molar-refractivity contribution in [3.8, 4) is 5.75 Å². The largest absolute Gasteiger partial charge is 0.488 e. The summed E-state index contributed by atoms with van der Waals surface area (Å²) in [6, 6.07) is 15.6. The molecule has 0 bridgehead atoms. The number of carbonyl (C=O) groups is 3. The van der Waals surface area contributed by atoms with Crippen LogP contribution >= 0.6 is 0 Å². The molecule has 1 fully saturated rings. The lowest BCUT2D eigenvalue weighted by Crippen LogP contribution is -2.50. The fourth-order valence-corrected chi connectivity index (χ4v) is 2.42. The number of para-hydroxylation sites is 1. The van der Waals surface area contributed by atoms with E-state index in [-0.39, 0.29) is 30.8 Å². The molecule has 3 rings (SSSR count). The molecule has 1 saturated heterocycles. The molecule has 1 aliphatic rings. The van der Waals surface area contributed by atoms with E-state index in [1.165, 1.54) is 6.07 Å². The minimum absolute atomic E-state index is 0.0116. The zero-order chi connectivity index (χ0) is 17.9. The monoisotopic (exact) mass is 342 g/mol. The number of amides is 2. The molecule has 0 aromatic heterocycles. The van der Waals surface area contributed by atoms with Crippen molar-refractivity contribution in [1.82, 2.24) is 0 Å². The summed E-state index contributed by atoms with van der Waals surface area (Å²) in [4.78, 5) is 38.5. The summed E-state index contributed by atoms with van der Waals surface area (Å²) >= 11 is 0. The Morgan fingerprint density at radius 2 is 1.56 bits per heavy atom. The SMILES string of the molecule is O=C(O[N+]1(O)C(=O)CCC1=O)c1ccccc1OCc1ccccc1. The minimum atomic E-state index is -1.95. The van der Waals surface area contributed by atoms with Crippen molar-refractivity contribution in [2.45, 2.75) is 19.4 Å². The number of nitrogens with zero attached hydrogens (tertiary/aromatic N) is 1. The molecular formula is C18H16NO6+. The number of hydrogen-bond acceptors (Lipinski definition) is 6. The van der Waals surface area contributed by atoms with Crippen LogP contribution < -0.4 is 4.74 Å². The first-order valence-electron chi connectivity index (χ1n) is 7.69. The van der Waals surface area contributed by atoms with Gasteiger partial charge in [0.1, 0.15) is 22.7 Å². The van der Waals surface area contributed by atoms with E-state index in [0.717, 1.165) is 5.56 Å². The van der Waals surface area contributed by atoms with Crippen LogP contribution in [0.2, 0.25) is 0 Å². The van der Waals surface area contributed by atoms with Crippen LogP contribution in [0.5, 0.6) is 5.75 Å². The molecule has 1 heterocycles. The van der Waals surface area contributed by atoms with Crippen molar-refractivity contribution in [2.24, 2.45) is 0 Å². The maximum absolute atomic E-state index is 12.3. The van der Waals surface area contributed by atoms with Crippen LogP contribution in [0.3, 0.4) is 0 Å². The van der Waals surface area contributed by atoms with Crippen LogP contribution in [-0.4, -0.2) is 27.8 Å². The topological polar surface area (TPSA) is 89.9 Å². The van der Waals surface area contributed by atoms with Gasteiger partial charge in [-0.1, -0.05) is 42.5 Å². The lowest BCUT2D eigenvalue weighted by molar-refractivity contribution is -1.12. The second-order valence-electron chi connectivity index (χ2n) is 5.51. The molecule has 0 aliphatic carbocycles. The second kappa shape index (κ2) is 6.84. The minimum Gasteiger partial charge on any atom is -0.488 e. The highest BCUT2D eigenvalue weighted by Gasteiger charge is 2.55. The van der Waals surface area contributed by atoms with Crippen molar-refractivity contribution < 1.29 is 34.0 Å². The first-order chi connectivity index (χ1) is 12.0. The van der Waals surface area contributed by atoms with Crippen molar-refractivity contribution in [2.75, 3.05) is 0 Å². The van der Waals surface area contributed by atoms with Gasteiger partial charge in [-0.2, -0.15) is 5.21 Å². The van der Waals surface area contributed by atoms with Gasteiger partial charge in [-0.3, -0.25) is 0 Å². The number of ether oxygens (including phenoxy) is 1. The third-order valence-electron chi connectivity index (χ3n) is 3.79. The third kappa shape index (κ3) is 3.42.